The van der Waals surface area contributed by atoms with Crippen LogP contribution in [0.25, 0.3) is 0 Å². The van der Waals surface area contributed by atoms with Gasteiger partial charge in [-0.3, -0.25) is 0 Å². The van der Waals surface area contributed by atoms with Crippen LogP contribution in [0.2, 0.25) is 0 Å². The first kappa shape index (κ1) is 13.0. The van der Waals surface area contributed by atoms with Crippen LogP contribution in [0.5, 0.6) is 5.75 Å². The van der Waals surface area contributed by atoms with Crippen molar-refractivity contribution in [1.29, 1.82) is 0 Å². The molecular formula is C13H21NO2. The highest BCUT2D eigenvalue weighted by molar-refractivity contribution is 5.34. The van der Waals surface area contributed by atoms with Gasteiger partial charge >= 0.3 is 0 Å². The van der Waals surface area contributed by atoms with Crippen LogP contribution in [0.1, 0.15) is 25.0 Å². The average Bonchev–Trinajstić information content (AvgIpc) is 2.24. The van der Waals surface area contributed by atoms with Crippen LogP contribution in [0, 0.1) is 0 Å². The number of para-hydroxylation sites is 1. The molecule has 0 aliphatic carbocycles. The second-order valence-electron chi connectivity index (χ2n) is 4.22. The van der Waals surface area contributed by atoms with Crippen molar-refractivity contribution in [2.75, 3.05) is 27.2 Å². The molecule has 1 aromatic rings. The van der Waals surface area contributed by atoms with Crippen LogP contribution < -0.4 is 4.74 Å². The highest BCUT2D eigenvalue weighted by Crippen LogP contribution is 2.24. The maximum Gasteiger partial charge on any atom is 0.125 e. The maximum atomic E-state index is 9.56. The molecule has 0 aliphatic heterocycles. The van der Waals surface area contributed by atoms with Gasteiger partial charge in [-0.25, -0.2) is 0 Å². The number of ether oxygens (including phenoxy) is 1. The van der Waals surface area contributed by atoms with E-state index in [1.165, 1.54) is 0 Å². The van der Waals surface area contributed by atoms with Crippen molar-refractivity contribution in [3.05, 3.63) is 29.8 Å². The number of rotatable bonds is 6. The summed E-state index contributed by atoms with van der Waals surface area (Å²) >= 11 is 0. The lowest BCUT2D eigenvalue weighted by atomic mass is 10.1. The van der Waals surface area contributed by atoms with Gasteiger partial charge in [-0.15, -0.1) is 0 Å². The van der Waals surface area contributed by atoms with E-state index in [2.05, 4.69) is 4.90 Å². The summed E-state index contributed by atoms with van der Waals surface area (Å²) in [5.41, 5.74) is 0.854. The Bertz CT molecular complexity index is 311. The first-order valence-electron chi connectivity index (χ1n) is 5.66. The summed E-state index contributed by atoms with van der Waals surface area (Å²) in [4.78, 5) is 2.13. The monoisotopic (exact) mass is 223 g/mol. The summed E-state index contributed by atoms with van der Waals surface area (Å²) in [6, 6.07) is 7.63. The molecule has 0 bridgehead atoms. The van der Waals surface area contributed by atoms with Gasteiger partial charge in [0.2, 0.25) is 0 Å². The van der Waals surface area contributed by atoms with Crippen molar-refractivity contribution in [1.82, 2.24) is 4.90 Å². The van der Waals surface area contributed by atoms with Crippen LogP contribution in [0.15, 0.2) is 24.3 Å². The van der Waals surface area contributed by atoms with Gasteiger partial charge in [0, 0.05) is 12.1 Å². The molecule has 0 radical (unpaired) electrons. The third kappa shape index (κ3) is 4.21. The molecule has 0 saturated heterocycles. The van der Waals surface area contributed by atoms with E-state index in [-0.39, 0.29) is 0 Å². The Morgan fingerprint density at radius 1 is 1.31 bits per heavy atom. The summed E-state index contributed by atoms with van der Waals surface area (Å²) in [5, 5.41) is 9.56. The standard InChI is InChI=1S/C13H21NO2/c1-11(15)12-7-4-5-8-13(12)16-10-6-9-14(2)3/h4-5,7-8,11,15H,6,9-10H2,1-3H3/t11-/m0/s1. The van der Waals surface area contributed by atoms with Gasteiger partial charge < -0.3 is 14.7 Å². The van der Waals surface area contributed by atoms with Gasteiger partial charge in [-0.2, -0.15) is 0 Å². The summed E-state index contributed by atoms with van der Waals surface area (Å²) < 4.78 is 5.66. The van der Waals surface area contributed by atoms with Gasteiger partial charge in [0.15, 0.2) is 0 Å². The minimum atomic E-state index is -0.481. The highest BCUT2D eigenvalue weighted by Gasteiger charge is 2.07. The van der Waals surface area contributed by atoms with E-state index < -0.39 is 6.10 Å². The molecule has 1 N–H and O–H groups in total. The molecule has 3 nitrogen and oxygen atoms in total. The highest BCUT2D eigenvalue weighted by atomic mass is 16.5. The van der Waals surface area contributed by atoms with Gasteiger partial charge in [-0.05, 0) is 33.5 Å². The average molecular weight is 223 g/mol. The molecule has 0 heterocycles. The normalized spacial score (nSPS) is 12.8. The predicted octanol–water partition coefficient (Wildman–Crippen LogP) is 2.07. The van der Waals surface area contributed by atoms with Gasteiger partial charge in [-0.1, -0.05) is 18.2 Å². The predicted molar refractivity (Wildman–Crippen MR) is 65.7 cm³/mol. The number of hydrogen-bond acceptors (Lipinski definition) is 3. The minimum absolute atomic E-state index is 0.481. The third-order valence-corrected chi connectivity index (χ3v) is 2.38. The van der Waals surface area contributed by atoms with Crippen LogP contribution in [-0.4, -0.2) is 37.3 Å². The number of aliphatic hydroxyl groups excluding tert-OH is 1. The van der Waals surface area contributed by atoms with Crippen molar-refractivity contribution in [3.63, 3.8) is 0 Å². The van der Waals surface area contributed by atoms with E-state index in [0.717, 1.165) is 24.3 Å². The van der Waals surface area contributed by atoms with Gasteiger partial charge in [0.05, 0.1) is 12.7 Å². The summed E-state index contributed by atoms with van der Waals surface area (Å²) in [6.45, 7) is 3.45. The first-order chi connectivity index (χ1) is 7.61. The largest absolute Gasteiger partial charge is 0.493 e. The fourth-order valence-corrected chi connectivity index (χ4v) is 1.52. The topological polar surface area (TPSA) is 32.7 Å². The molecular weight excluding hydrogens is 202 g/mol. The first-order valence-corrected chi connectivity index (χ1v) is 5.66. The van der Waals surface area contributed by atoms with Crippen molar-refractivity contribution >= 4 is 0 Å². The molecule has 1 rings (SSSR count). The molecule has 0 fully saturated rings. The van der Waals surface area contributed by atoms with Crippen molar-refractivity contribution < 1.29 is 9.84 Å². The number of nitrogens with zero attached hydrogens (tertiary/aromatic N) is 1. The van der Waals surface area contributed by atoms with E-state index in [1.807, 2.05) is 38.4 Å². The molecule has 1 atom stereocenters. The smallest absolute Gasteiger partial charge is 0.125 e. The molecule has 0 amide bonds. The van der Waals surface area contributed by atoms with Crippen molar-refractivity contribution in [2.45, 2.75) is 19.4 Å². The molecule has 3 heteroatoms. The fourth-order valence-electron chi connectivity index (χ4n) is 1.52. The quantitative estimate of drug-likeness (QED) is 0.749. The van der Waals surface area contributed by atoms with E-state index in [9.17, 15) is 5.11 Å². The molecule has 0 unspecified atom stereocenters. The van der Waals surface area contributed by atoms with Gasteiger partial charge in [0.25, 0.3) is 0 Å². The Labute approximate surface area is 97.7 Å². The Balaban J connectivity index is 2.47. The van der Waals surface area contributed by atoms with Crippen molar-refractivity contribution in [2.24, 2.45) is 0 Å². The molecule has 16 heavy (non-hydrogen) atoms. The molecule has 0 saturated carbocycles. The zero-order chi connectivity index (χ0) is 12.0. The zero-order valence-corrected chi connectivity index (χ0v) is 10.3. The Morgan fingerprint density at radius 2 is 2.00 bits per heavy atom. The lowest BCUT2D eigenvalue weighted by Crippen LogP contribution is -2.15. The zero-order valence-electron chi connectivity index (χ0n) is 10.3. The van der Waals surface area contributed by atoms with Crippen LogP contribution >= 0.6 is 0 Å². The minimum Gasteiger partial charge on any atom is -0.493 e. The SMILES string of the molecule is C[C@H](O)c1ccccc1OCCCN(C)C. The number of hydrogen-bond donors (Lipinski definition) is 1. The van der Waals surface area contributed by atoms with Crippen molar-refractivity contribution in [3.8, 4) is 5.75 Å². The molecule has 0 aromatic heterocycles. The Kier molecular flexibility index (Phi) is 5.29. The van der Waals surface area contributed by atoms with E-state index >= 15 is 0 Å². The lowest BCUT2D eigenvalue weighted by Gasteiger charge is -2.14. The van der Waals surface area contributed by atoms with Crippen LogP contribution in [-0.2, 0) is 0 Å². The molecule has 1 aromatic carbocycles. The van der Waals surface area contributed by atoms with Crippen LogP contribution in [0.3, 0.4) is 0 Å². The molecule has 90 valence electrons. The maximum absolute atomic E-state index is 9.56. The second kappa shape index (κ2) is 6.51. The number of benzene rings is 1. The summed E-state index contributed by atoms with van der Waals surface area (Å²) in [7, 11) is 4.09. The molecule has 0 spiro atoms. The summed E-state index contributed by atoms with van der Waals surface area (Å²) in [6.07, 6.45) is 0.506. The number of aliphatic hydroxyl groups is 1. The lowest BCUT2D eigenvalue weighted by molar-refractivity contribution is 0.190. The Morgan fingerprint density at radius 3 is 2.62 bits per heavy atom. The van der Waals surface area contributed by atoms with Gasteiger partial charge in [0.1, 0.15) is 5.75 Å². The van der Waals surface area contributed by atoms with E-state index in [0.29, 0.717) is 6.61 Å². The summed E-state index contributed by atoms with van der Waals surface area (Å²) in [5.74, 6) is 0.788. The Hall–Kier alpha value is -1.06. The second-order valence-corrected chi connectivity index (χ2v) is 4.22. The van der Waals surface area contributed by atoms with E-state index in [1.54, 1.807) is 6.92 Å². The van der Waals surface area contributed by atoms with E-state index in [4.69, 9.17) is 4.74 Å². The fraction of sp³-hybridized carbons (Fsp3) is 0.538. The van der Waals surface area contributed by atoms with Crippen LogP contribution in [0.4, 0.5) is 0 Å². The third-order valence-electron chi connectivity index (χ3n) is 2.38. The molecule has 0 aliphatic rings.